The molecule has 2 aromatic heterocycles. The zero-order chi connectivity index (χ0) is 21.1. The lowest BCUT2D eigenvalue weighted by Crippen LogP contribution is -2.10. The summed E-state index contributed by atoms with van der Waals surface area (Å²) in [6.45, 7) is 1.42. The monoisotopic (exact) mass is 421 g/mol. The summed E-state index contributed by atoms with van der Waals surface area (Å²) in [7, 11) is 0. The lowest BCUT2D eigenvalue weighted by atomic mass is 10.1. The third kappa shape index (κ3) is 4.44. The van der Waals surface area contributed by atoms with Crippen LogP contribution in [0.2, 0.25) is 0 Å². The van der Waals surface area contributed by atoms with Gasteiger partial charge in [0.05, 0.1) is 5.69 Å². The Balaban J connectivity index is 1.50. The van der Waals surface area contributed by atoms with E-state index in [4.69, 9.17) is 4.42 Å². The van der Waals surface area contributed by atoms with Crippen molar-refractivity contribution in [2.24, 2.45) is 0 Å². The van der Waals surface area contributed by atoms with Crippen LogP contribution < -0.4 is 10.6 Å². The number of rotatable bonds is 5. The molecule has 8 heteroatoms. The molecule has 0 aliphatic heterocycles. The van der Waals surface area contributed by atoms with Crippen molar-refractivity contribution in [3.63, 3.8) is 0 Å². The van der Waals surface area contributed by atoms with Gasteiger partial charge in [0.25, 0.3) is 5.91 Å². The van der Waals surface area contributed by atoms with Gasteiger partial charge in [-0.3, -0.25) is 9.59 Å². The molecular formula is C22H16FN3O3S. The molecule has 0 saturated carbocycles. The number of hydrogen-bond acceptors (Lipinski definition) is 5. The molecule has 2 amide bonds. The summed E-state index contributed by atoms with van der Waals surface area (Å²) < 4.78 is 19.0. The zero-order valence-electron chi connectivity index (χ0n) is 15.8. The van der Waals surface area contributed by atoms with E-state index < -0.39 is 5.91 Å². The summed E-state index contributed by atoms with van der Waals surface area (Å²) in [6, 6.07) is 16.3. The molecular weight excluding hydrogens is 405 g/mol. The first-order chi connectivity index (χ1) is 14.5. The van der Waals surface area contributed by atoms with E-state index in [-0.39, 0.29) is 17.5 Å². The highest BCUT2D eigenvalue weighted by Gasteiger charge is 2.14. The normalized spacial score (nSPS) is 10.6. The van der Waals surface area contributed by atoms with Crippen LogP contribution in [0.1, 0.15) is 17.5 Å². The molecule has 4 rings (SSSR count). The van der Waals surface area contributed by atoms with E-state index in [2.05, 4.69) is 15.6 Å². The maximum absolute atomic E-state index is 13.4. The van der Waals surface area contributed by atoms with Crippen LogP contribution in [-0.4, -0.2) is 16.8 Å². The Hall–Kier alpha value is -3.78. The van der Waals surface area contributed by atoms with Crippen molar-refractivity contribution in [2.45, 2.75) is 6.92 Å². The van der Waals surface area contributed by atoms with Crippen molar-refractivity contribution in [3.8, 4) is 22.6 Å². The van der Waals surface area contributed by atoms with E-state index in [1.165, 1.54) is 30.4 Å². The number of carbonyl (C=O) groups excluding carboxylic acids is 2. The van der Waals surface area contributed by atoms with Gasteiger partial charge in [0.2, 0.25) is 5.91 Å². The largest absolute Gasteiger partial charge is 0.451 e. The van der Waals surface area contributed by atoms with Gasteiger partial charge in [0, 0.05) is 29.1 Å². The average molecular weight is 421 g/mol. The van der Waals surface area contributed by atoms with Gasteiger partial charge in [0.1, 0.15) is 11.6 Å². The van der Waals surface area contributed by atoms with Crippen LogP contribution >= 0.6 is 11.3 Å². The minimum absolute atomic E-state index is 0.112. The number of anilines is 2. The van der Waals surface area contributed by atoms with E-state index >= 15 is 0 Å². The Kier molecular flexibility index (Phi) is 5.40. The summed E-state index contributed by atoms with van der Waals surface area (Å²) in [5, 5.41) is 7.76. The highest BCUT2D eigenvalue weighted by molar-refractivity contribution is 7.14. The van der Waals surface area contributed by atoms with Gasteiger partial charge in [-0.2, -0.15) is 0 Å². The number of benzene rings is 2. The maximum Gasteiger partial charge on any atom is 0.291 e. The summed E-state index contributed by atoms with van der Waals surface area (Å²) in [6.07, 6.45) is 0. The van der Waals surface area contributed by atoms with E-state index in [9.17, 15) is 14.0 Å². The smallest absolute Gasteiger partial charge is 0.291 e. The molecule has 0 aliphatic carbocycles. The molecule has 0 bridgehead atoms. The molecule has 0 saturated heterocycles. The molecule has 0 spiro atoms. The predicted octanol–water partition coefficient (Wildman–Crippen LogP) is 5.42. The van der Waals surface area contributed by atoms with Crippen LogP contribution in [0.4, 0.5) is 15.2 Å². The molecule has 0 atom stereocenters. The van der Waals surface area contributed by atoms with Crippen LogP contribution in [0.3, 0.4) is 0 Å². The summed E-state index contributed by atoms with van der Waals surface area (Å²) >= 11 is 1.32. The van der Waals surface area contributed by atoms with Gasteiger partial charge in [-0.15, -0.1) is 11.3 Å². The molecule has 0 unspecified atom stereocenters. The van der Waals surface area contributed by atoms with Crippen molar-refractivity contribution in [1.82, 2.24) is 4.98 Å². The van der Waals surface area contributed by atoms with Crippen molar-refractivity contribution >= 4 is 34.0 Å². The van der Waals surface area contributed by atoms with E-state index in [1.54, 1.807) is 42.5 Å². The van der Waals surface area contributed by atoms with Crippen molar-refractivity contribution in [3.05, 3.63) is 77.6 Å². The number of thiazole rings is 1. The Morgan fingerprint density at radius 1 is 1.00 bits per heavy atom. The molecule has 4 aromatic rings. The number of furan rings is 1. The molecule has 2 heterocycles. The third-order valence-corrected chi connectivity index (χ3v) is 4.90. The molecule has 2 aromatic carbocycles. The Morgan fingerprint density at radius 2 is 1.80 bits per heavy atom. The first kappa shape index (κ1) is 19.5. The number of amides is 2. The number of halogens is 1. The van der Waals surface area contributed by atoms with Crippen LogP contribution in [0.15, 0.2) is 70.5 Å². The number of carbonyl (C=O) groups is 2. The summed E-state index contributed by atoms with van der Waals surface area (Å²) in [4.78, 5) is 28.1. The number of hydrogen-bond donors (Lipinski definition) is 2. The number of aromatic nitrogens is 1. The van der Waals surface area contributed by atoms with E-state index in [0.717, 1.165) is 5.56 Å². The highest BCUT2D eigenvalue weighted by atomic mass is 32.1. The van der Waals surface area contributed by atoms with E-state index in [1.807, 2.05) is 11.4 Å². The zero-order valence-corrected chi connectivity index (χ0v) is 16.6. The fourth-order valence-corrected chi connectivity index (χ4v) is 3.59. The topological polar surface area (TPSA) is 84.2 Å². The first-order valence-corrected chi connectivity index (χ1v) is 9.86. The predicted molar refractivity (Wildman–Crippen MR) is 114 cm³/mol. The highest BCUT2D eigenvalue weighted by Crippen LogP contribution is 2.27. The third-order valence-electron chi connectivity index (χ3n) is 4.14. The minimum Gasteiger partial charge on any atom is -0.451 e. The van der Waals surface area contributed by atoms with Gasteiger partial charge < -0.3 is 15.1 Å². The average Bonchev–Trinajstić information content (AvgIpc) is 3.38. The van der Waals surface area contributed by atoms with Gasteiger partial charge >= 0.3 is 0 Å². The van der Waals surface area contributed by atoms with Crippen molar-refractivity contribution < 1.29 is 18.4 Å². The van der Waals surface area contributed by atoms with E-state index in [0.29, 0.717) is 27.8 Å². The minimum atomic E-state index is -0.424. The maximum atomic E-state index is 13.4. The molecule has 2 N–H and O–H groups in total. The molecule has 6 nitrogen and oxygen atoms in total. The number of nitrogens with one attached hydrogen (secondary N) is 2. The SMILES string of the molecule is CC(=O)Nc1nc(-c2cccc(NC(=O)c3ccc(-c4cccc(F)c4)o3)c2)cs1. The number of nitrogens with zero attached hydrogens (tertiary/aromatic N) is 1. The molecule has 150 valence electrons. The Labute approximate surface area is 175 Å². The summed E-state index contributed by atoms with van der Waals surface area (Å²) in [5.41, 5.74) is 2.59. The van der Waals surface area contributed by atoms with Gasteiger partial charge in [-0.1, -0.05) is 24.3 Å². The second-order valence-corrected chi connectivity index (χ2v) is 7.29. The Bertz CT molecular complexity index is 1230. The first-order valence-electron chi connectivity index (χ1n) is 8.98. The lowest BCUT2D eigenvalue weighted by Gasteiger charge is -2.05. The van der Waals surface area contributed by atoms with Crippen LogP contribution in [0.5, 0.6) is 0 Å². The van der Waals surface area contributed by atoms with Crippen LogP contribution in [0.25, 0.3) is 22.6 Å². The molecule has 30 heavy (non-hydrogen) atoms. The molecule has 0 fully saturated rings. The van der Waals surface area contributed by atoms with Crippen molar-refractivity contribution in [2.75, 3.05) is 10.6 Å². The van der Waals surface area contributed by atoms with Crippen molar-refractivity contribution in [1.29, 1.82) is 0 Å². The quantitative estimate of drug-likeness (QED) is 0.451. The van der Waals surface area contributed by atoms with Crippen LogP contribution in [-0.2, 0) is 4.79 Å². The van der Waals surface area contributed by atoms with Gasteiger partial charge in [-0.25, -0.2) is 9.37 Å². The van der Waals surface area contributed by atoms with Gasteiger partial charge in [-0.05, 0) is 36.4 Å². The lowest BCUT2D eigenvalue weighted by molar-refractivity contribution is -0.114. The van der Waals surface area contributed by atoms with Gasteiger partial charge in [0.15, 0.2) is 10.9 Å². The second-order valence-electron chi connectivity index (χ2n) is 6.43. The molecule has 0 aliphatic rings. The standard InChI is InChI=1S/C22H16FN3O3S/c1-13(27)24-22-26-18(12-30-22)14-4-3-7-17(11-14)25-21(28)20-9-8-19(29-20)15-5-2-6-16(23)10-15/h2-12H,1H3,(H,25,28)(H,24,26,27). The fraction of sp³-hybridized carbons (Fsp3) is 0.0455. The second kappa shape index (κ2) is 8.30. The Morgan fingerprint density at radius 3 is 2.60 bits per heavy atom. The summed E-state index contributed by atoms with van der Waals surface area (Å²) in [5.74, 6) is -0.474. The van der Waals surface area contributed by atoms with Crippen LogP contribution in [0, 0.1) is 5.82 Å². The molecule has 0 radical (unpaired) electrons. The fourth-order valence-electron chi connectivity index (χ4n) is 2.82.